The van der Waals surface area contributed by atoms with Crippen molar-refractivity contribution < 1.29 is 5.11 Å². The maximum absolute atomic E-state index is 10.5. The third-order valence-electron chi connectivity index (χ3n) is 4.14. The molecule has 1 rings (SSSR count). The van der Waals surface area contributed by atoms with Crippen LogP contribution in [0, 0.1) is 5.92 Å². The summed E-state index contributed by atoms with van der Waals surface area (Å²) in [6.45, 7) is 11.0. The lowest BCUT2D eigenvalue weighted by Crippen LogP contribution is -2.56. The average Bonchev–Trinajstić information content (AvgIpc) is 2.74. The Balaban J connectivity index is 2.84. The second kappa shape index (κ2) is 5.31. The fourth-order valence-electron chi connectivity index (χ4n) is 3.09. The number of hydrogen-bond donors (Lipinski definition) is 1. The first kappa shape index (κ1) is 13.0. The maximum Gasteiger partial charge on any atom is 0.0746 e. The summed E-state index contributed by atoms with van der Waals surface area (Å²) in [7, 11) is 0. The summed E-state index contributed by atoms with van der Waals surface area (Å²) in [6, 6.07) is 0. The molecular formula is C13H27NO. The fourth-order valence-corrected chi connectivity index (χ4v) is 3.09. The van der Waals surface area contributed by atoms with E-state index < -0.39 is 0 Å². The van der Waals surface area contributed by atoms with E-state index in [-0.39, 0.29) is 11.6 Å². The van der Waals surface area contributed by atoms with Crippen LogP contribution >= 0.6 is 0 Å². The van der Waals surface area contributed by atoms with Gasteiger partial charge in [0.25, 0.3) is 0 Å². The number of likely N-dealkylation sites (tertiary alicyclic amines) is 1. The molecule has 0 radical (unpaired) electrons. The van der Waals surface area contributed by atoms with E-state index in [1.54, 1.807) is 0 Å². The third-order valence-corrected chi connectivity index (χ3v) is 4.14. The highest BCUT2D eigenvalue weighted by Crippen LogP contribution is 2.34. The highest BCUT2D eigenvalue weighted by Gasteiger charge is 2.42. The summed E-state index contributed by atoms with van der Waals surface area (Å²) in [5.41, 5.74) is 0.0324. The van der Waals surface area contributed by atoms with Crippen molar-refractivity contribution in [1.82, 2.24) is 4.90 Å². The van der Waals surface area contributed by atoms with Crippen LogP contribution in [0.15, 0.2) is 0 Å². The van der Waals surface area contributed by atoms with Gasteiger partial charge in [-0.2, -0.15) is 0 Å². The van der Waals surface area contributed by atoms with E-state index in [4.69, 9.17) is 0 Å². The molecule has 0 saturated carbocycles. The van der Waals surface area contributed by atoms with Gasteiger partial charge in [-0.3, -0.25) is 4.90 Å². The SMILES string of the molecule is CCC(CC)(C(O)C(C)C)N1CCCC1. The minimum absolute atomic E-state index is 0.0324. The van der Waals surface area contributed by atoms with Crippen molar-refractivity contribution in [2.75, 3.05) is 13.1 Å². The summed E-state index contributed by atoms with van der Waals surface area (Å²) in [5, 5.41) is 10.5. The lowest BCUT2D eigenvalue weighted by atomic mass is 9.79. The zero-order valence-corrected chi connectivity index (χ0v) is 10.8. The molecule has 1 aliphatic rings. The summed E-state index contributed by atoms with van der Waals surface area (Å²) >= 11 is 0. The molecular weight excluding hydrogens is 186 g/mol. The molecule has 1 N–H and O–H groups in total. The predicted octanol–water partition coefficient (Wildman–Crippen LogP) is 2.66. The molecule has 1 saturated heterocycles. The third kappa shape index (κ3) is 2.36. The summed E-state index contributed by atoms with van der Waals surface area (Å²) in [6.07, 6.45) is 4.52. The van der Waals surface area contributed by atoms with Gasteiger partial charge in [0.15, 0.2) is 0 Å². The molecule has 0 spiro atoms. The topological polar surface area (TPSA) is 23.5 Å². The van der Waals surface area contributed by atoms with Crippen molar-refractivity contribution in [2.45, 2.75) is 65.0 Å². The first-order chi connectivity index (χ1) is 7.08. The molecule has 1 aliphatic heterocycles. The van der Waals surface area contributed by atoms with Crippen LogP contribution in [-0.4, -0.2) is 34.7 Å². The van der Waals surface area contributed by atoms with Gasteiger partial charge < -0.3 is 5.11 Å². The minimum atomic E-state index is -0.189. The van der Waals surface area contributed by atoms with Crippen LogP contribution in [0.2, 0.25) is 0 Å². The van der Waals surface area contributed by atoms with Crippen LogP contribution < -0.4 is 0 Å². The number of aliphatic hydroxyl groups excluding tert-OH is 1. The van der Waals surface area contributed by atoms with Gasteiger partial charge in [0.05, 0.1) is 6.10 Å². The van der Waals surface area contributed by atoms with Gasteiger partial charge in [-0.15, -0.1) is 0 Å². The molecule has 2 heteroatoms. The van der Waals surface area contributed by atoms with Gasteiger partial charge in [0.2, 0.25) is 0 Å². The quantitative estimate of drug-likeness (QED) is 0.759. The van der Waals surface area contributed by atoms with Gasteiger partial charge in [0.1, 0.15) is 0 Å². The molecule has 1 atom stereocenters. The van der Waals surface area contributed by atoms with Crippen LogP contribution in [0.1, 0.15) is 53.4 Å². The van der Waals surface area contributed by atoms with Gasteiger partial charge >= 0.3 is 0 Å². The number of rotatable bonds is 5. The smallest absolute Gasteiger partial charge is 0.0746 e. The molecule has 15 heavy (non-hydrogen) atoms. The lowest BCUT2D eigenvalue weighted by Gasteiger charge is -2.46. The standard InChI is InChI=1S/C13H27NO/c1-5-13(6-2,12(15)11(3)4)14-9-7-8-10-14/h11-12,15H,5-10H2,1-4H3. The van der Waals surface area contributed by atoms with Gasteiger partial charge in [-0.25, -0.2) is 0 Å². The number of hydrogen-bond acceptors (Lipinski definition) is 2. The summed E-state index contributed by atoms with van der Waals surface area (Å²) < 4.78 is 0. The molecule has 0 bridgehead atoms. The minimum Gasteiger partial charge on any atom is -0.391 e. The highest BCUT2D eigenvalue weighted by molar-refractivity contribution is 4.97. The van der Waals surface area contributed by atoms with E-state index in [2.05, 4.69) is 32.6 Å². The monoisotopic (exact) mass is 213 g/mol. The summed E-state index contributed by atoms with van der Waals surface area (Å²) in [5.74, 6) is 0.352. The Morgan fingerprint density at radius 1 is 1.13 bits per heavy atom. The predicted molar refractivity (Wildman–Crippen MR) is 65.0 cm³/mol. The molecule has 1 heterocycles. The largest absolute Gasteiger partial charge is 0.391 e. The Kier molecular flexibility index (Phi) is 4.60. The van der Waals surface area contributed by atoms with Crippen molar-refractivity contribution in [3.8, 4) is 0 Å². The number of nitrogens with zero attached hydrogens (tertiary/aromatic N) is 1. The highest BCUT2D eigenvalue weighted by atomic mass is 16.3. The second-order valence-electron chi connectivity index (χ2n) is 5.19. The molecule has 0 aromatic carbocycles. The van der Waals surface area contributed by atoms with Crippen LogP contribution in [0.25, 0.3) is 0 Å². The van der Waals surface area contributed by atoms with Gasteiger partial charge in [0, 0.05) is 5.54 Å². The number of aliphatic hydroxyl groups is 1. The van der Waals surface area contributed by atoms with Crippen molar-refractivity contribution in [3.63, 3.8) is 0 Å². The first-order valence-electron chi connectivity index (χ1n) is 6.51. The molecule has 1 fully saturated rings. The second-order valence-corrected chi connectivity index (χ2v) is 5.19. The molecule has 0 aliphatic carbocycles. The van der Waals surface area contributed by atoms with E-state index in [0.717, 1.165) is 12.8 Å². The Bertz CT molecular complexity index is 177. The van der Waals surface area contributed by atoms with Gasteiger partial charge in [-0.1, -0.05) is 27.7 Å². The van der Waals surface area contributed by atoms with Crippen molar-refractivity contribution in [3.05, 3.63) is 0 Å². The maximum atomic E-state index is 10.5. The first-order valence-corrected chi connectivity index (χ1v) is 6.51. The Labute approximate surface area is 94.7 Å². The van der Waals surface area contributed by atoms with Crippen LogP contribution in [-0.2, 0) is 0 Å². The summed E-state index contributed by atoms with van der Waals surface area (Å²) in [4.78, 5) is 2.53. The van der Waals surface area contributed by atoms with Crippen LogP contribution in [0.3, 0.4) is 0 Å². The van der Waals surface area contributed by atoms with Gasteiger partial charge in [-0.05, 0) is 44.7 Å². The van der Waals surface area contributed by atoms with Crippen molar-refractivity contribution >= 4 is 0 Å². The van der Waals surface area contributed by atoms with Crippen molar-refractivity contribution in [2.24, 2.45) is 5.92 Å². The Morgan fingerprint density at radius 2 is 1.60 bits per heavy atom. The molecule has 0 aromatic rings. The van der Waals surface area contributed by atoms with Crippen LogP contribution in [0.4, 0.5) is 0 Å². The Hall–Kier alpha value is -0.0800. The average molecular weight is 213 g/mol. The van der Waals surface area contributed by atoms with E-state index in [1.165, 1.54) is 25.9 Å². The van der Waals surface area contributed by atoms with Crippen molar-refractivity contribution in [1.29, 1.82) is 0 Å². The van der Waals surface area contributed by atoms with E-state index in [9.17, 15) is 5.11 Å². The molecule has 0 aromatic heterocycles. The molecule has 90 valence electrons. The lowest BCUT2D eigenvalue weighted by molar-refractivity contribution is -0.0510. The van der Waals surface area contributed by atoms with E-state index >= 15 is 0 Å². The zero-order valence-electron chi connectivity index (χ0n) is 10.8. The van der Waals surface area contributed by atoms with E-state index in [0.29, 0.717) is 5.92 Å². The molecule has 0 amide bonds. The molecule has 1 unspecified atom stereocenters. The van der Waals surface area contributed by atoms with E-state index in [1.807, 2.05) is 0 Å². The van der Waals surface area contributed by atoms with Crippen LogP contribution in [0.5, 0.6) is 0 Å². The Morgan fingerprint density at radius 3 is 1.93 bits per heavy atom. The molecule has 2 nitrogen and oxygen atoms in total. The fraction of sp³-hybridized carbons (Fsp3) is 1.00. The normalized spacial score (nSPS) is 21.2. The zero-order chi connectivity index (χ0) is 11.5.